The summed E-state index contributed by atoms with van der Waals surface area (Å²) in [4.78, 5) is 0. The van der Waals surface area contributed by atoms with Crippen molar-refractivity contribution in [3.05, 3.63) is 47.0 Å². The van der Waals surface area contributed by atoms with Crippen molar-refractivity contribution >= 4 is 0 Å². The second-order valence-electron chi connectivity index (χ2n) is 8.06. The number of aromatic nitrogens is 3. The van der Waals surface area contributed by atoms with Crippen LogP contribution in [0.25, 0.3) is 0 Å². The lowest BCUT2D eigenvalue weighted by Crippen LogP contribution is -2.36. The van der Waals surface area contributed by atoms with E-state index in [4.69, 9.17) is 5.73 Å². The summed E-state index contributed by atoms with van der Waals surface area (Å²) in [5.41, 5.74) is 5.87. The maximum Gasteiger partial charge on any atom is 0.147 e. The molecule has 0 aliphatic heterocycles. The van der Waals surface area contributed by atoms with Crippen LogP contribution in [-0.4, -0.2) is 20.8 Å². The highest BCUT2D eigenvalue weighted by Gasteiger charge is 2.46. The van der Waals surface area contributed by atoms with Gasteiger partial charge in [0.2, 0.25) is 0 Å². The molecule has 0 spiro atoms. The highest BCUT2D eigenvalue weighted by atomic mass is 19.1. The minimum atomic E-state index is -0.481. The van der Waals surface area contributed by atoms with E-state index in [9.17, 15) is 8.78 Å². The molecular formula is C19H23F2N5. The average molecular weight is 359 g/mol. The summed E-state index contributed by atoms with van der Waals surface area (Å²) in [6.45, 7) is 0.512. The number of hydrogen-bond acceptors (Lipinski definition) is 4. The Balaban J connectivity index is 1.36. The van der Waals surface area contributed by atoms with E-state index in [1.54, 1.807) is 0 Å². The molecule has 26 heavy (non-hydrogen) atoms. The number of hydrogen-bond donors (Lipinski definition) is 2. The molecule has 5 nitrogen and oxygen atoms in total. The van der Waals surface area contributed by atoms with Gasteiger partial charge in [0, 0.05) is 29.1 Å². The maximum absolute atomic E-state index is 14.2. The van der Waals surface area contributed by atoms with Crippen molar-refractivity contribution in [1.29, 1.82) is 0 Å². The molecule has 5 rings (SSSR count). The molecule has 0 unspecified atom stereocenters. The molecule has 138 valence electrons. The van der Waals surface area contributed by atoms with Crippen molar-refractivity contribution in [2.45, 2.75) is 68.6 Å². The zero-order valence-corrected chi connectivity index (χ0v) is 14.6. The van der Waals surface area contributed by atoms with Gasteiger partial charge < -0.3 is 15.6 Å². The maximum atomic E-state index is 14.2. The van der Waals surface area contributed by atoms with E-state index in [0.29, 0.717) is 24.1 Å². The summed E-state index contributed by atoms with van der Waals surface area (Å²) in [5, 5.41) is 12.3. The third-order valence-electron chi connectivity index (χ3n) is 6.02. The third-order valence-corrected chi connectivity index (χ3v) is 6.02. The summed E-state index contributed by atoms with van der Waals surface area (Å²) >= 11 is 0. The molecule has 0 bridgehead atoms. The van der Waals surface area contributed by atoms with Crippen LogP contribution in [-0.2, 0) is 12.1 Å². The molecular weight excluding hydrogens is 336 g/mol. The number of nitrogens with two attached hydrogens (primary N) is 1. The fourth-order valence-corrected chi connectivity index (χ4v) is 4.12. The lowest BCUT2D eigenvalue weighted by Gasteiger charge is -2.32. The topological polar surface area (TPSA) is 68.8 Å². The molecule has 3 fully saturated rings. The Morgan fingerprint density at radius 3 is 2.62 bits per heavy atom. The van der Waals surface area contributed by atoms with Gasteiger partial charge in [0.25, 0.3) is 0 Å². The van der Waals surface area contributed by atoms with Crippen LogP contribution in [0.3, 0.4) is 0 Å². The average Bonchev–Trinajstić information content (AvgIpc) is 3.52. The molecule has 0 radical (unpaired) electrons. The van der Waals surface area contributed by atoms with E-state index >= 15 is 0 Å². The van der Waals surface area contributed by atoms with E-state index in [0.717, 1.165) is 56.2 Å². The Labute approximate surface area is 151 Å². The van der Waals surface area contributed by atoms with Crippen LogP contribution in [0.15, 0.2) is 18.2 Å². The summed E-state index contributed by atoms with van der Waals surface area (Å²) in [7, 11) is 0. The molecule has 1 aromatic heterocycles. The predicted molar refractivity (Wildman–Crippen MR) is 92.4 cm³/mol. The van der Waals surface area contributed by atoms with Crippen LogP contribution in [0, 0.1) is 11.6 Å². The summed E-state index contributed by atoms with van der Waals surface area (Å²) in [5.74, 6) is 1.59. The molecule has 2 aromatic rings. The van der Waals surface area contributed by atoms with Gasteiger partial charge in [0.1, 0.15) is 23.3 Å². The Morgan fingerprint density at radius 2 is 1.96 bits per heavy atom. The smallest absolute Gasteiger partial charge is 0.147 e. The SMILES string of the molecule is NC1CC(c2nnc(CNC3(c4cc(F)ccc4F)CC3)n2C2CC2)C1. The lowest BCUT2D eigenvalue weighted by molar-refractivity contribution is 0.327. The third kappa shape index (κ3) is 2.74. The van der Waals surface area contributed by atoms with E-state index in [1.165, 1.54) is 12.1 Å². The second kappa shape index (κ2) is 5.82. The minimum absolute atomic E-state index is 0.275. The fraction of sp³-hybridized carbons (Fsp3) is 0.579. The molecule has 3 N–H and O–H groups in total. The monoisotopic (exact) mass is 359 g/mol. The van der Waals surface area contributed by atoms with Crippen LogP contribution in [0.4, 0.5) is 8.78 Å². The van der Waals surface area contributed by atoms with Crippen LogP contribution < -0.4 is 11.1 Å². The minimum Gasteiger partial charge on any atom is -0.328 e. The molecule has 0 saturated heterocycles. The van der Waals surface area contributed by atoms with Crippen LogP contribution in [0.5, 0.6) is 0 Å². The quantitative estimate of drug-likeness (QED) is 0.832. The number of rotatable bonds is 6. The van der Waals surface area contributed by atoms with Crippen molar-refractivity contribution in [3.63, 3.8) is 0 Å². The largest absolute Gasteiger partial charge is 0.328 e. The number of nitrogens with one attached hydrogen (secondary N) is 1. The summed E-state index contributed by atoms with van der Waals surface area (Å²) in [6, 6.07) is 4.43. The van der Waals surface area contributed by atoms with Gasteiger partial charge >= 0.3 is 0 Å². The van der Waals surface area contributed by atoms with Gasteiger partial charge in [0.05, 0.1) is 6.54 Å². The zero-order valence-electron chi connectivity index (χ0n) is 14.6. The van der Waals surface area contributed by atoms with Gasteiger partial charge in [-0.1, -0.05) is 0 Å². The standard InChI is InChI=1S/C19H23F2N5/c20-12-1-4-16(21)15(9-12)19(5-6-19)23-10-17-24-25-18(11-7-13(22)8-11)26(17)14-2-3-14/h1,4,9,11,13-14,23H,2-3,5-8,10,22H2. The van der Waals surface area contributed by atoms with E-state index < -0.39 is 11.4 Å². The zero-order chi connectivity index (χ0) is 17.9. The Kier molecular flexibility index (Phi) is 3.66. The summed E-state index contributed by atoms with van der Waals surface area (Å²) in [6.07, 6.45) is 5.85. The molecule has 1 aromatic carbocycles. The van der Waals surface area contributed by atoms with Crippen molar-refractivity contribution in [2.24, 2.45) is 5.73 Å². The first-order valence-corrected chi connectivity index (χ1v) is 9.45. The lowest BCUT2D eigenvalue weighted by atomic mass is 9.80. The molecule has 3 aliphatic rings. The first kappa shape index (κ1) is 16.3. The summed E-state index contributed by atoms with van der Waals surface area (Å²) < 4.78 is 30.0. The highest BCUT2D eigenvalue weighted by molar-refractivity contribution is 5.32. The van der Waals surface area contributed by atoms with Crippen molar-refractivity contribution in [2.75, 3.05) is 0 Å². The Hall–Kier alpha value is -1.86. The number of halogens is 2. The molecule has 0 atom stereocenters. The van der Waals surface area contributed by atoms with Crippen LogP contribution >= 0.6 is 0 Å². The molecule has 7 heteroatoms. The van der Waals surface area contributed by atoms with E-state index in [-0.39, 0.29) is 11.9 Å². The fourth-order valence-electron chi connectivity index (χ4n) is 4.12. The highest BCUT2D eigenvalue weighted by Crippen LogP contribution is 2.47. The predicted octanol–water partition coefficient (Wildman–Crippen LogP) is 2.87. The van der Waals surface area contributed by atoms with Gasteiger partial charge in [-0.05, 0) is 56.7 Å². The first-order valence-electron chi connectivity index (χ1n) is 9.45. The van der Waals surface area contributed by atoms with Gasteiger partial charge in [0.15, 0.2) is 0 Å². The van der Waals surface area contributed by atoms with Gasteiger partial charge in [-0.3, -0.25) is 0 Å². The molecule has 3 saturated carbocycles. The first-order chi connectivity index (χ1) is 12.6. The number of nitrogens with zero attached hydrogens (tertiary/aromatic N) is 3. The number of benzene rings is 1. The van der Waals surface area contributed by atoms with Crippen molar-refractivity contribution < 1.29 is 8.78 Å². The Bertz CT molecular complexity index is 834. The normalized spacial score (nSPS) is 26.6. The molecule has 3 aliphatic carbocycles. The van der Waals surface area contributed by atoms with E-state index in [1.807, 2.05) is 0 Å². The Morgan fingerprint density at radius 1 is 1.19 bits per heavy atom. The van der Waals surface area contributed by atoms with Crippen LogP contribution in [0.2, 0.25) is 0 Å². The molecule has 0 amide bonds. The molecule has 1 heterocycles. The second-order valence-corrected chi connectivity index (χ2v) is 8.06. The van der Waals surface area contributed by atoms with E-state index in [2.05, 4.69) is 20.1 Å². The van der Waals surface area contributed by atoms with Gasteiger partial charge in [-0.25, -0.2) is 8.78 Å². The van der Waals surface area contributed by atoms with Crippen molar-refractivity contribution in [3.8, 4) is 0 Å². The van der Waals surface area contributed by atoms with Gasteiger partial charge in [-0.2, -0.15) is 0 Å². The van der Waals surface area contributed by atoms with Gasteiger partial charge in [-0.15, -0.1) is 10.2 Å². The van der Waals surface area contributed by atoms with Crippen LogP contribution in [0.1, 0.15) is 67.7 Å². The van der Waals surface area contributed by atoms with Crippen molar-refractivity contribution in [1.82, 2.24) is 20.1 Å².